The van der Waals surface area contributed by atoms with Crippen molar-refractivity contribution >= 4 is 8.56 Å². The van der Waals surface area contributed by atoms with Gasteiger partial charge in [0.1, 0.15) is 0 Å². The van der Waals surface area contributed by atoms with E-state index >= 15 is 0 Å². The molecule has 5 heteroatoms. The summed E-state index contributed by atoms with van der Waals surface area (Å²) in [5, 5.41) is 0. The highest BCUT2D eigenvalue weighted by Gasteiger charge is 2.33. The summed E-state index contributed by atoms with van der Waals surface area (Å²) >= 11 is 0. The molecule has 4 nitrogen and oxygen atoms in total. The van der Waals surface area contributed by atoms with E-state index in [2.05, 4.69) is 6.55 Å². The molecule has 0 aliphatic rings. The molecule has 0 bridgehead atoms. The average Bonchev–Trinajstić information content (AvgIpc) is 2.17. The maximum absolute atomic E-state index is 5.77. The van der Waals surface area contributed by atoms with Crippen molar-refractivity contribution < 1.29 is 8.85 Å². The highest BCUT2D eigenvalue weighted by atomic mass is 28.4. The van der Waals surface area contributed by atoms with E-state index in [0.717, 1.165) is 12.5 Å². The minimum absolute atomic E-state index is 0.435. The predicted molar refractivity (Wildman–Crippen MR) is 65.9 cm³/mol. The fraction of sp³-hybridized carbons (Fsp3) is 1.00. The molecular formula is C10H26N2O2Si. The summed E-state index contributed by atoms with van der Waals surface area (Å²) in [5.74, 6) is 0.435. The first-order valence-corrected chi connectivity index (χ1v) is 8.32. The summed E-state index contributed by atoms with van der Waals surface area (Å²) in [4.78, 5) is 0. The normalized spacial score (nSPS) is 14.2. The molecule has 0 amide bonds. The summed E-state index contributed by atoms with van der Waals surface area (Å²) in [7, 11) is -2.01. The lowest BCUT2D eigenvalue weighted by molar-refractivity contribution is 0.183. The van der Waals surface area contributed by atoms with Crippen LogP contribution in [0.5, 0.6) is 0 Å². The van der Waals surface area contributed by atoms with Crippen molar-refractivity contribution in [3.8, 4) is 0 Å². The molecule has 4 N–H and O–H groups in total. The van der Waals surface area contributed by atoms with Crippen LogP contribution in [-0.2, 0) is 8.85 Å². The van der Waals surface area contributed by atoms with Gasteiger partial charge < -0.3 is 20.3 Å². The second-order valence-electron chi connectivity index (χ2n) is 3.88. The van der Waals surface area contributed by atoms with Crippen molar-refractivity contribution in [2.24, 2.45) is 17.4 Å². The topological polar surface area (TPSA) is 70.5 Å². The minimum Gasteiger partial charge on any atom is -0.395 e. The molecule has 0 aromatic heterocycles. The molecule has 0 heterocycles. The van der Waals surface area contributed by atoms with Crippen LogP contribution in [0.3, 0.4) is 0 Å². The number of hydrogen-bond donors (Lipinski definition) is 2. The van der Waals surface area contributed by atoms with Crippen LogP contribution >= 0.6 is 0 Å². The Bertz CT molecular complexity index is 152. The number of rotatable bonds is 9. The van der Waals surface area contributed by atoms with Gasteiger partial charge in [0.25, 0.3) is 0 Å². The number of nitrogens with two attached hydrogens (primary N) is 2. The Kier molecular flexibility index (Phi) is 8.27. The molecule has 0 aromatic carbocycles. The van der Waals surface area contributed by atoms with Crippen molar-refractivity contribution in [1.29, 1.82) is 0 Å². The van der Waals surface area contributed by atoms with Gasteiger partial charge in [-0.3, -0.25) is 0 Å². The van der Waals surface area contributed by atoms with E-state index in [1.54, 1.807) is 0 Å². The third-order valence-electron chi connectivity index (χ3n) is 2.47. The van der Waals surface area contributed by atoms with Crippen LogP contribution in [-0.4, -0.2) is 34.9 Å². The number of hydrogen-bond acceptors (Lipinski definition) is 4. The van der Waals surface area contributed by atoms with Gasteiger partial charge in [0.15, 0.2) is 0 Å². The van der Waals surface area contributed by atoms with Crippen molar-refractivity contribution in [3.63, 3.8) is 0 Å². The fourth-order valence-electron chi connectivity index (χ4n) is 1.83. The van der Waals surface area contributed by atoms with Gasteiger partial charge in [0.05, 0.1) is 0 Å². The van der Waals surface area contributed by atoms with Gasteiger partial charge in [-0.2, -0.15) is 0 Å². The highest BCUT2D eigenvalue weighted by molar-refractivity contribution is 6.66. The molecule has 1 unspecified atom stereocenters. The van der Waals surface area contributed by atoms with Crippen molar-refractivity contribution in [1.82, 2.24) is 0 Å². The lowest BCUT2D eigenvalue weighted by Gasteiger charge is -2.29. The summed E-state index contributed by atoms with van der Waals surface area (Å²) in [6.45, 7) is 8.89. The molecule has 0 saturated heterocycles. The summed E-state index contributed by atoms with van der Waals surface area (Å²) in [6.07, 6.45) is 0.958. The van der Waals surface area contributed by atoms with Crippen LogP contribution in [0.1, 0.15) is 20.3 Å². The van der Waals surface area contributed by atoms with Gasteiger partial charge in [-0.1, -0.05) is 0 Å². The second kappa shape index (κ2) is 8.24. The lowest BCUT2D eigenvalue weighted by atomic mass is 10.1. The van der Waals surface area contributed by atoms with E-state index < -0.39 is 8.56 Å². The Hall–Kier alpha value is 0.0569. The van der Waals surface area contributed by atoms with E-state index in [4.69, 9.17) is 20.3 Å². The quantitative estimate of drug-likeness (QED) is 0.585. The summed E-state index contributed by atoms with van der Waals surface area (Å²) in [6, 6.07) is 0.947. The van der Waals surface area contributed by atoms with Crippen molar-refractivity contribution in [2.45, 2.75) is 32.9 Å². The summed E-state index contributed by atoms with van der Waals surface area (Å²) in [5.41, 5.74) is 11.3. The SMILES string of the molecule is CCO[Si](C)(CC(CN)CCN)OCC. The zero-order chi connectivity index (χ0) is 11.7. The molecule has 0 aliphatic carbocycles. The minimum atomic E-state index is -2.01. The fourth-order valence-corrected chi connectivity index (χ4v) is 4.79. The summed E-state index contributed by atoms with van der Waals surface area (Å²) < 4.78 is 11.5. The predicted octanol–water partition coefficient (Wildman–Crippen LogP) is 1.06. The Morgan fingerprint density at radius 2 is 1.67 bits per heavy atom. The van der Waals surface area contributed by atoms with Crippen LogP contribution in [0.15, 0.2) is 0 Å². The maximum atomic E-state index is 5.77. The second-order valence-corrected chi connectivity index (χ2v) is 7.14. The van der Waals surface area contributed by atoms with Gasteiger partial charge in [0, 0.05) is 13.2 Å². The van der Waals surface area contributed by atoms with E-state index in [1.165, 1.54) is 0 Å². The smallest absolute Gasteiger partial charge is 0.335 e. The molecule has 0 rings (SSSR count). The molecule has 15 heavy (non-hydrogen) atoms. The van der Waals surface area contributed by atoms with E-state index in [9.17, 15) is 0 Å². The molecule has 92 valence electrons. The van der Waals surface area contributed by atoms with E-state index in [-0.39, 0.29) is 0 Å². The standard InChI is InChI=1S/C10H26N2O2Si/c1-4-13-15(3,14-5-2)9-10(8-12)6-7-11/h10H,4-9,11-12H2,1-3H3. The van der Waals surface area contributed by atoms with Crippen LogP contribution in [0.4, 0.5) is 0 Å². The Balaban J connectivity index is 4.22. The third-order valence-corrected chi connectivity index (χ3v) is 5.58. The maximum Gasteiger partial charge on any atom is 0.335 e. The Morgan fingerprint density at radius 3 is 2.00 bits per heavy atom. The molecular weight excluding hydrogens is 208 g/mol. The van der Waals surface area contributed by atoms with Gasteiger partial charge in [-0.25, -0.2) is 0 Å². The molecule has 0 saturated carbocycles. The van der Waals surface area contributed by atoms with Crippen molar-refractivity contribution in [3.05, 3.63) is 0 Å². The van der Waals surface area contributed by atoms with E-state index in [0.29, 0.717) is 32.2 Å². The lowest BCUT2D eigenvalue weighted by Crippen LogP contribution is -2.42. The van der Waals surface area contributed by atoms with Gasteiger partial charge in [-0.15, -0.1) is 0 Å². The van der Waals surface area contributed by atoms with Crippen molar-refractivity contribution in [2.75, 3.05) is 26.3 Å². The first-order chi connectivity index (χ1) is 7.11. The first-order valence-electron chi connectivity index (χ1n) is 5.79. The van der Waals surface area contributed by atoms with Crippen LogP contribution in [0.2, 0.25) is 12.6 Å². The molecule has 1 atom stereocenters. The third kappa shape index (κ3) is 6.27. The highest BCUT2D eigenvalue weighted by Crippen LogP contribution is 2.21. The first kappa shape index (κ1) is 15.1. The molecule has 0 fully saturated rings. The van der Waals surface area contributed by atoms with Gasteiger partial charge >= 0.3 is 8.56 Å². The molecule has 0 aliphatic heterocycles. The van der Waals surface area contributed by atoms with Crippen LogP contribution in [0.25, 0.3) is 0 Å². The Morgan fingerprint density at radius 1 is 1.13 bits per heavy atom. The monoisotopic (exact) mass is 234 g/mol. The Labute approximate surface area is 94.6 Å². The largest absolute Gasteiger partial charge is 0.395 e. The average molecular weight is 234 g/mol. The van der Waals surface area contributed by atoms with Crippen LogP contribution < -0.4 is 11.5 Å². The molecule has 0 aromatic rings. The van der Waals surface area contributed by atoms with Gasteiger partial charge in [-0.05, 0) is 51.9 Å². The molecule has 0 spiro atoms. The molecule has 0 radical (unpaired) electrons. The van der Waals surface area contributed by atoms with E-state index in [1.807, 2.05) is 13.8 Å². The zero-order valence-electron chi connectivity index (χ0n) is 10.3. The van der Waals surface area contributed by atoms with Gasteiger partial charge in [0.2, 0.25) is 0 Å². The zero-order valence-corrected chi connectivity index (χ0v) is 11.3. The van der Waals surface area contributed by atoms with Crippen LogP contribution in [0, 0.1) is 5.92 Å².